The van der Waals surface area contributed by atoms with E-state index in [-0.39, 0.29) is 35.4 Å². The Kier molecular flexibility index (Phi) is 7.36. The van der Waals surface area contributed by atoms with Crippen LogP contribution in [0.5, 0.6) is 0 Å². The van der Waals surface area contributed by atoms with Crippen molar-refractivity contribution in [1.82, 2.24) is 4.31 Å². The fraction of sp³-hybridized carbons (Fsp3) is 0.417. The number of rotatable bonds is 6. The predicted octanol–water partition coefficient (Wildman–Crippen LogP) is 3.54. The lowest BCUT2D eigenvalue weighted by Gasteiger charge is -2.34. The number of carbonyl (C=O) groups excluding carboxylic acids is 2. The largest absolute Gasteiger partial charge is 0.465 e. The fourth-order valence-corrected chi connectivity index (χ4v) is 5.88. The second-order valence-electron chi connectivity index (χ2n) is 8.04. The van der Waals surface area contributed by atoms with Gasteiger partial charge in [-0.2, -0.15) is 4.31 Å². The molecule has 0 radical (unpaired) electrons. The van der Waals surface area contributed by atoms with Gasteiger partial charge in [0.05, 0.1) is 17.6 Å². The molecule has 2 aromatic rings. The maximum absolute atomic E-state index is 13.3. The summed E-state index contributed by atoms with van der Waals surface area (Å²) in [5.74, 6) is -0.925. The summed E-state index contributed by atoms with van der Waals surface area (Å²) >= 11 is 0. The van der Waals surface area contributed by atoms with E-state index >= 15 is 0 Å². The minimum atomic E-state index is -3.88. The van der Waals surface area contributed by atoms with Gasteiger partial charge in [0.1, 0.15) is 0 Å². The molecule has 7 nitrogen and oxygen atoms in total. The summed E-state index contributed by atoms with van der Waals surface area (Å²) in [5.41, 5.74) is 3.09. The molecule has 1 heterocycles. The van der Waals surface area contributed by atoms with E-state index in [2.05, 4.69) is 6.07 Å². The third-order valence-electron chi connectivity index (χ3n) is 5.94. The van der Waals surface area contributed by atoms with Crippen LogP contribution >= 0.6 is 0 Å². The Bertz CT molecular complexity index is 1110. The molecule has 0 aliphatic carbocycles. The highest BCUT2D eigenvalue weighted by molar-refractivity contribution is 7.89. The summed E-state index contributed by atoms with van der Waals surface area (Å²) in [5, 5.41) is 0. The van der Waals surface area contributed by atoms with Crippen LogP contribution in [0, 0.1) is 19.8 Å². The van der Waals surface area contributed by atoms with Gasteiger partial charge in [0.25, 0.3) is 0 Å². The highest BCUT2D eigenvalue weighted by Gasteiger charge is 2.35. The lowest BCUT2D eigenvalue weighted by atomic mass is 9.96. The van der Waals surface area contributed by atoms with Crippen molar-refractivity contribution in [2.24, 2.45) is 5.92 Å². The van der Waals surface area contributed by atoms with Crippen LogP contribution in [0.4, 0.5) is 5.69 Å². The van der Waals surface area contributed by atoms with Crippen LogP contribution in [-0.2, 0) is 19.6 Å². The van der Waals surface area contributed by atoms with E-state index in [9.17, 15) is 18.0 Å². The molecule has 1 aliphatic heterocycles. The first-order valence-electron chi connectivity index (χ1n) is 10.8. The molecule has 1 fully saturated rings. The molecule has 32 heavy (non-hydrogen) atoms. The zero-order chi connectivity index (χ0) is 23.5. The van der Waals surface area contributed by atoms with Gasteiger partial charge in [-0.05, 0) is 57.4 Å². The first-order valence-corrected chi connectivity index (χ1v) is 12.2. The topological polar surface area (TPSA) is 84.0 Å². The summed E-state index contributed by atoms with van der Waals surface area (Å²) in [6, 6.07) is 12.1. The van der Waals surface area contributed by atoms with E-state index in [1.165, 1.54) is 23.5 Å². The number of aryl methyl sites for hydroxylation is 2. The van der Waals surface area contributed by atoms with Crippen LogP contribution in [0.15, 0.2) is 47.4 Å². The van der Waals surface area contributed by atoms with Gasteiger partial charge in [-0.1, -0.05) is 29.8 Å². The smallest absolute Gasteiger partial charge is 0.339 e. The molecule has 1 saturated heterocycles. The molecule has 2 aromatic carbocycles. The van der Waals surface area contributed by atoms with E-state index in [1.807, 2.05) is 32.9 Å². The molecule has 0 spiro atoms. The van der Waals surface area contributed by atoms with Gasteiger partial charge >= 0.3 is 5.97 Å². The first-order chi connectivity index (χ1) is 15.2. The van der Waals surface area contributed by atoms with E-state index in [4.69, 9.17) is 4.74 Å². The normalized spacial score (nSPS) is 15.4. The Labute approximate surface area is 190 Å². The molecule has 0 aromatic heterocycles. The quantitative estimate of drug-likeness (QED) is 0.618. The van der Waals surface area contributed by atoms with Crippen molar-refractivity contribution in [3.8, 4) is 0 Å². The highest BCUT2D eigenvalue weighted by atomic mass is 32.2. The number of nitrogens with zero attached hydrogens (tertiary/aromatic N) is 2. The van der Waals surface area contributed by atoms with Crippen molar-refractivity contribution in [3.63, 3.8) is 0 Å². The first kappa shape index (κ1) is 23.9. The van der Waals surface area contributed by atoms with Crippen LogP contribution in [0.2, 0.25) is 0 Å². The number of methoxy groups -OCH3 is 1. The minimum absolute atomic E-state index is 0.0141. The minimum Gasteiger partial charge on any atom is -0.465 e. The molecule has 0 N–H and O–H groups in total. The highest BCUT2D eigenvalue weighted by Crippen LogP contribution is 2.29. The van der Waals surface area contributed by atoms with Crippen LogP contribution in [0.3, 0.4) is 0 Å². The van der Waals surface area contributed by atoms with Gasteiger partial charge in [0.2, 0.25) is 15.9 Å². The van der Waals surface area contributed by atoms with Crippen LogP contribution < -0.4 is 4.90 Å². The van der Waals surface area contributed by atoms with E-state index in [1.54, 1.807) is 17.0 Å². The Morgan fingerprint density at radius 3 is 2.34 bits per heavy atom. The maximum Gasteiger partial charge on any atom is 0.339 e. The molecular weight excluding hydrogens is 428 g/mol. The molecule has 172 valence electrons. The van der Waals surface area contributed by atoms with Gasteiger partial charge in [-0.3, -0.25) is 4.79 Å². The van der Waals surface area contributed by atoms with Crippen molar-refractivity contribution in [3.05, 3.63) is 59.2 Å². The van der Waals surface area contributed by atoms with E-state index < -0.39 is 16.0 Å². The number of hydrogen-bond donors (Lipinski definition) is 0. The lowest BCUT2D eigenvalue weighted by Crippen LogP contribution is -2.44. The van der Waals surface area contributed by atoms with Crippen molar-refractivity contribution in [2.75, 3.05) is 31.6 Å². The second kappa shape index (κ2) is 9.83. The molecular formula is C24H30N2O5S. The predicted molar refractivity (Wildman–Crippen MR) is 123 cm³/mol. The van der Waals surface area contributed by atoms with Crippen LogP contribution in [-0.4, -0.2) is 51.3 Å². The fourth-order valence-electron chi connectivity index (χ4n) is 4.23. The standard InChI is InChI=1S/C24H30N2O5S/c1-5-26(21-11-10-17(2)16-18(21)3)23(27)19-12-14-25(15-13-19)32(29,30)22-9-7-6-8-20(22)24(28)31-4/h6-11,16,19H,5,12-15H2,1-4H3. The third kappa shape index (κ3) is 4.71. The molecule has 0 saturated carbocycles. The summed E-state index contributed by atoms with van der Waals surface area (Å²) in [4.78, 5) is 27.0. The number of amides is 1. The number of anilines is 1. The van der Waals surface area contributed by atoms with E-state index in [0.29, 0.717) is 19.4 Å². The summed E-state index contributed by atoms with van der Waals surface area (Å²) < 4.78 is 32.5. The molecule has 0 bridgehead atoms. The number of piperidine rings is 1. The number of carbonyl (C=O) groups is 2. The maximum atomic E-state index is 13.3. The summed E-state index contributed by atoms with van der Waals surface area (Å²) in [7, 11) is -2.66. The molecule has 1 amide bonds. The van der Waals surface area contributed by atoms with Crippen molar-refractivity contribution in [2.45, 2.75) is 38.5 Å². The monoisotopic (exact) mass is 458 g/mol. The number of sulfonamides is 1. The lowest BCUT2D eigenvalue weighted by molar-refractivity contribution is -0.123. The SMILES string of the molecule is CCN(C(=O)C1CCN(S(=O)(=O)c2ccccc2C(=O)OC)CC1)c1ccc(C)cc1C. The van der Waals surface area contributed by atoms with Crippen molar-refractivity contribution >= 4 is 27.6 Å². The summed E-state index contributed by atoms with van der Waals surface area (Å²) in [6.45, 7) is 6.95. The molecule has 1 aliphatic rings. The summed E-state index contributed by atoms with van der Waals surface area (Å²) in [6.07, 6.45) is 0.861. The Morgan fingerprint density at radius 2 is 1.75 bits per heavy atom. The number of benzene rings is 2. The van der Waals surface area contributed by atoms with E-state index in [0.717, 1.165) is 16.8 Å². The Hall–Kier alpha value is -2.71. The van der Waals surface area contributed by atoms with Crippen LogP contribution in [0.1, 0.15) is 41.3 Å². The average Bonchev–Trinajstić information content (AvgIpc) is 2.80. The zero-order valence-corrected chi connectivity index (χ0v) is 19.8. The van der Waals surface area contributed by atoms with Gasteiger partial charge in [-0.15, -0.1) is 0 Å². The Balaban J connectivity index is 1.76. The zero-order valence-electron chi connectivity index (χ0n) is 19.0. The van der Waals surface area contributed by atoms with Crippen molar-refractivity contribution in [1.29, 1.82) is 0 Å². The third-order valence-corrected chi connectivity index (χ3v) is 7.90. The van der Waals surface area contributed by atoms with Crippen molar-refractivity contribution < 1.29 is 22.7 Å². The van der Waals surface area contributed by atoms with Gasteiger partial charge < -0.3 is 9.64 Å². The molecule has 0 unspecified atom stereocenters. The number of esters is 1. The molecule has 8 heteroatoms. The second-order valence-corrected chi connectivity index (χ2v) is 9.94. The Morgan fingerprint density at radius 1 is 1.09 bits per heavy atom. The molecule has 0 atom stereocenters. The number of ether oxygens (including phenoxy) is 1. The average molecular weight is 459 g/mol. The van der Waals surface area contributed by atoms with Gasteiger partial charge in [0, 0.05) is 31.2 Å². The van der Waals surface area contributed by atoms with Gasteiger partial charge in [0.15, 0.2) is 0 Å². The van der Waals surface area contributed by atoms with Crippen LogP contribution in [0.25, 0.3) is 0 Å². The molecule has 3 rings (SSSR count). The number of hydrogen-bond acceptors (Lipinski definition) is 5. The van der Waals surface area contributed by atoms with Gasteiger partial charge in [-0.25, -0.2) is 13.2 Å².